The predicted octanol–water partition coefficient (Wildman–Crippen LogP) is 5.38. The Morgan fingerprint density at radius 2 is 1.74 bits per heavy atom. The monoisotopic (exact) mass is 304 g/mol. The van der Waals surface area contributed by atoms with Gasteiger partial charge in [0.05, 0.1) is 11.2 Å². The zero-order valence-corrected chi connectivity index (χ0v) is 14.6. The second kappa shape index (κ2) is 5.69. The lowest BCUT2D eigenvalue weighted by molar-refractivity contribution is 0.597. The van der Waals surface area contributed by atoms with E-state index in [9.17, 15) is 0 Å². The number of hydrogen-bond acceptors (Lipinski definition) is 2. The van der Waals surface area contributed by atoms with E-state index in [1.54, 1.807) is 0 Å². The third-order valence-electron chi connectivity index (χ3n) is 4.71. The van der Waals surface area contributed by atoms with E-state index in [0.717, 1.165) is 5.69 Å². The summed E-state index contributed by atoms with van der Waals surface area (Å²) in [5.74, 6) is 0. The van der Waals surface area contributed by atoms with Crippen LogP contribution in [-0.2, 0) is 0 Å². The molecule has 118 valence electrons. The fourth-order valence-corrected chi connectivity index (χ4v) is 3.11. The van der Waals surface area contributed by atoms with Gasteiger partial charge in [-0.25, -0.2) is 0 Å². The Morgan fingerprint density at radius 1 is 1.04 bits per heavy atom. The van der Waals surface area contributed by atoms with E-state index in [0.29, 0.717) is 0 Å². The summed E-state index contributed by atoms with van der Waals surface area (Å²) in [6.07, 6.45) is 4.31. The minimum Gasteiger partial charge on any atom is -0.365 e. The van der Waals surface area contributed by atoms with Gasteiger partial charge in [-0.1, -0.05) is 24.3 Å². The topological polar surface area (TPSA) is 15.6 Å². The predicted molar refractivity (Wildman–Crippen MR) is 101 cm³/mol. The highest BCUT2D eigenvalue weighted by atomic mass is 15.2. The van der Waals surface area contributed by atoms with Gasteiger partial charge in [0.1, 0.15) is 0 Å². The van der Waals surface area contributed by atoms with Gasteiger partial charge in [0, 0.05) is 24.5 Å². The fourth-order valence-electron chi connectivity index (χ4n) is 3.11. The lowest BCUT2D eigenvalue weighted by atomic mass is 9.87. The maximum absolute atomic E-state index is 4.60. The highest BCUT2D eigenvalue weighted by Crippen LogP contribution is 2.39. The van der Waals surface area contributed by atoms with Crippen LogP contribution < -0.4 is 4.90 Å². The number of allylic oxidation sites excluding steroid dienone is 1. The molecule has 0 atom stereocenters. The highest BCUT2D eigenvalue weighted by Gasteiger charge is 2.28. The molecule has 0 aliphatic carbocycles. The number of rotatable bonds is 2. The Hall–Kier alpha value is -2.35. The second-order valence-corrected chi connectivity index (χ2v) is 6.86. The Morgan fingerprint density at radius 3 is 2.43 bits per heavy atom. The summed E-state index contributed by atoms with van der Waals surface area (Å²) in [6, 6.07) is 14.6. The zero-order chi connectivity index (χ0) is 16.6. The van der Waals surface area contributed by atoms with Gasteiger partial charge in [0.2, 0.25) is 0 Å². The molecule has 23 heavy (non-hydrogen) atoms. The Kier molecular flexibility index (Phi) is 3.85. The van der Waals surface area contributed by atoms with Crippen LogP contribution in [0.5, 0.6) is 0 Å². The van der Waals surface area contributed by atoms with Gasteiger partial charge in [0.25, 0.3) is 0 Å². The number of aryl methyl sites for hydroxylation is 1. The SMILES string of the molecule is CC1=CC(C)(C)N(C)c2cc(C)c(C=Nc3ccccc3)cc21. The van der Waals surface area contributed by atoms with E-state index in [4.69, 9.17) is 0 Å². The minimum absolute atomic E-state index is 0.0448. The molecule has 2 nitrogen and oxygen atoms in total. The maximum atomic E-state index is 4.60. The molecule has 0 N–H and O–H groups in total. The molecule has 0 aromatic heterocycles. The third kappa shape index (κ3) is 2.94. The Balaban J connectivity index is 2.03. The van der Waals surface area contributed by atoms with Crippen LogP contribution >= 0.6 is 0 Å². The van der Waals surface area contributed by atoms with Crippen molar-refractivity contribution in [2.75, 3.05) is 11.9 Å². The summed E-state index contributed by atoms with van der Waals surface area (Å²) < 4.78 is 0. The number of para-hydroxylation sites is 1. The number of aliphatic imine (C=N–C) groups is 1. The molecule has 3 rings (SSSR count). The lowest BCUT2D eigenvalue weighted by Gasteiger charge is -2.41. The molecular formula is C21H24N2. The maximum Gasteiger partial charge on any atom is 0.0629 e. The number of fused-ring (bicyclic) bond motifs is 1. The molecule has 0 saturated heterocycles. The van der Waals surface area contributed by atoms with E-state index in [1.165, 1.54) is 28.0 Å². The van der Waals surface area contributed by atoms with Gasteiger partial charge in [-0.05, 0) is 68.7 Å². The molecule has 2 heteroatoms. The van der Waals surface area contributed by atoms with Crippen LogP contribution in [0.3, 0.4) is 0 Å². The standard InChI is InChI=1S/C21H24N2/c1-15-11-20-19(16(2)13-21(3,4)23(20)5)12-17(15)14-22-18-9-7-6-8-10-18/h6-14H,1-5H3. The van der Waals surface area contributed by atoms with Gasteiger partial charge in [-0.3, -0.25) is 4.99 Å². The van der Waals surface area contributed by atoms with Gasteiger partial charge >= 0.3 is 0 Å². The van der Waals surface area contributed by atoms with Gasteiger partial charge < -0.3 is 4.90 Å². The minimum atomic E-state index is 0.0448. The summed E-state index contributed by atoms with van der Waals surface area (Å²) in [7, 11) is 2.17. The smallest absolute Gasteiger partial charge is 0.0629 e. The number of benzene rings is 2. The number of likely N-dealkylation sites (N-methyl/N-ethyl adjacent to an activating group) is 1. The molecule has 0 saturated carbocycles. The first-order chi connectivity index (χ1) is 10.9. The molecule has 0 radical (unpaired) electrons. The quantitative estimate of drug-likeness (QED) is 0.680. The van der Waals surface area contributed by atoms with E-state index < -0.39 is 0 Å². The van der Waals surface area contributed by atoms with Crippen molar-refractivity contribution in [1.82, 2.24) is 0 Å². The molecule has 2 aromatic carbocycles. The Labute approximate surface area is 139 Å². The van der Waals surface area contributed by atoms with Crippen LogP contribution in [0.4, 0.5) is 11.4 Å². The Bertz CT molecular complexity index is 783. The molecule has 0 fully saturated rings. The number of hydrogen-bond donors (Lipinski definition) is 0. The lowest BCUT2D eigenvalue weighted by Crippen LogP contribution is -2.42. The number of nitrogens with zero attached hydrogens (tertiary/aromatic N) is 2. The summed E-state index contributed by atoms with van der Waals surface area (Å²) >= 11 is 0. The van der Waals surface area contributed by atoms with Crippen LogP contribution in [0.1, 0.15) is 37.5 Å². The summed E-state index contributed by atoms with van der Waals surface area (Å²) in [5, 5.41) is 0. The second-order valence-electron chi connectivity index (χ2n) is 6.86. The van der Waals surface area contributed by atoms with Crippen molar-refractivity contribution in [2.45, 2.75) is 33.2 Å². The van der Waals surface area contributed by atoms with Crippen LogP contribution in [0.2, 0.25) is 0 Å². The van der Waals surface area contributed by atoms with Crippen molar-refractivity contribution in [3.8, 4) is 0 Å². The first kappa shape index (κ1) is 15.5. The zero-order valence-electron chi connectivity index (χ0n) is 14.6. The van der Waals surface area contributed by atoms with E-state index >= 15 is 0 Å². The largest absolute Gasteiger partial charge is 0.365 e. The van der Waals surface area contributed by atoms with Gasteiger partial charge in [0.15, 0.2) is 0 Å². The van der Waals surface area contributed by atoms with Crippen molar-refractivity contribution >= 4 is 23.2 Å². The normalized spacial score (nSPS) is 16.4. The molecule has 0 unspecified atom stereocenters. The fraction of sp³-hybridized carbons (Fsp3) is 0.286. The molecule has 1 aliphatic rings. The van der Waals surface area contributed by atoms with Gasteiger partial charge in [-0.2, -0.15) is 0 Å². The first-order valence-corrected chi connectivity index (χ1v) is 8.06. The van der Waals surface area contributed by atoms with Crippen molar-refractivity contribution in [3.05, 3.63) is 65.2 Å². The van der Waals surface area contributed by atoms with Gasteiger partial charge in [-0.15, -0.1) is 0 Å². The average molecular weight is 304 g/mol. The molecule has 0 amide bonds. The van der Waals surface area contributed by atoms with E-state index in [1.807, 2.05) is 36.5 Å². The highest BCUT2D eigenvalue weighted by molar-refractivity contribution is 5.90. The van der Waals surface area contributed by atoms with Crippen molar-refractivity contribution < 1.29 is 0 Å². The molecule has 1 heterocycles. The molecular weight excluding hydrogens is 280 g/mol. The van der Waals surface area contributed by atoms with Crippen molar-refractivity contribution in [2.24, 2.45) is 4.99 Å². The van der Waals surface area contributed by atoms with Crippen molar-refractivity contribution in [1.29, 1.82) is 0 Å². The summed E-state index contributed by atoms with van der Waals surface area (Å²) in [5.41, 5.74) is 7.38. The van der Waals surface area contributed by atoms with E-state index in [2.05, 4.69) is 62.8 Å². The average Bonchev–Trinajstić information content (AvgIpc) is 2.52. The molecule has 0 bridgehead atoms. The molecule has 1 aliphatic heterocycles. The third-order valence-corrected chi connectivity index (χ3v) is 4.71. The van der Waals surface area contributed by atoms with Crippen LogP contribution in [0.15, 0.2) is 53.5 Å². The molecule has 0 spiro atoms. The van der Waals surface area contributed by atoms with Crippen LogP contribution in [0.25, 0.3) is 5.57 Å². The van der Waals surface area contributed by atoms with E-state index in [-0.39, 0.29) is 5.54 Å². The van der Waals surface area contributed by atoms with Crippen LogP contribution in [0, 0.1) is 6.92 Å². The first-order valence-electron chi connectivity index (χ1n) is 8.06. The molecule has 2 aromatic rings. The van der Waals surface area contributed by atoms with Crippen molar-refractivity contribution in [3.63, 3.8) is 0 Å². The summed E-state index contributed by atoms with van der Waals surface area (Å²) in [6.45, 7) is 8.85. The number of anilines is 1. The summed E-state index contributed by atoms with van der Waals surface area (Å²) in [4.78, 5) is 6.95. The van der Waals surface area contributed by atoms with Crippen LogP contribution in [-0.4, -0.2) is 18.8 Å².